The molecule has 0 unspecified atom stereocenters. The number of benzene rings is 1. The number of amides is 1. The highest BCUT2D eigenvalue weighted by atomic mass is 32.2. The number of rotatable bonds is 3. The molecule has 2 N–H and O–H groups in total. The number of nitrogens with zero attached hydrogens (tertiary/aromatic N) is 1. The van der Waals surface area contributed by atoms with Crippen molar-refractivity contribution in [2.75, 3.05) is 19.3 Å². The van der Waals surface area contributed by atoms with E-state index in [2.05, 4.69) is 9.71 Å². The Morgan fingerprint density at radius 1 is 1.25 bits per heavy atom. The lowest BCUT2D eigenvalue weighted by Gasteiger charge is -2.31. The van der Waals surface area contributed by atoms with Crippen LogP contribution in [-0.2, 0) is 10.0 Å². The van der Waals surface area contributed by atoms with Crippen molar-refractivity contribution in [3.63, 3.8) is 0 Å². The van der Waals surface area contributed by atoms with Crippen molar-refractivity contribution in [3.8, 4) is 0 Å². The zero-order valence-corrected chi connectivity index (χ0v) is 14.1. The number of carbonyl (C=O) groups excluding carboxylic acids is 1. The average molecular weight is 349 g/mol. The summed E-state index contributed by atoms with van der Waals surface area (Å²) in [6, 6.07) is 8.63. The van der Waals surface area contributed by atoms with E-state index in [1.807, 2.05) is 6.07 Å². The molecule has 0 spiro atoms. The summed E-state index contributed by atoms with van der Waals surface area (Å²) in [5.74, 6) is -0.240. The van der Waals surface area contributed by atoms with Crippen LogP contribution in [0.1, 0.15) is 23.3 Å². The van der Waals surface area contributed by atoms with E-state index in [9.17, 15) is 18.0 Å². The Labute approximate surface area is 139 Å². The van der Waals surface area contributed by atoms with E-state index in [-0.39, 0.29) is 23.2 Å². The first-order chi connectivity index (χ1) is 11.3. The van der Waals surface area contributed by atoms with Crippen LogP contribution in [0.25, 0.3) is 10.8 Å². The Morgan fingerprint density at radius 2 is 1.92 bits per heavy atom. The number of carbonyl (C=O) groups is 1. The SMILES string of the molecule is CS(=O)(=O)NC1CCN(C(=O)c2cc3ccccc3c(=O)[nH]2)CC1. The molecule has 7 nitrogen and oxygen atoms in total. The number of nitrogens with one attached hydrogen (secondary N) is 2. The van der Waals surface area contributed by atoms with E-state index in [0.717, 1.165) is 11.6 Å². The van der Waals surface area contributed by atoms with Crippen LogP contribution in [-0.4, -0.2) is 49.6 Å². The Balaban J connectivity index is 1.75. The molecule has 1 amide bonds. The minimum Gasteiger partial charge on any atom is -0.337 e. The molecule has 0 bridgehead atoms. The second-order valence-electron chi connectivity index (χ2n) is 6.06. The Kier molecular flexibility index (Phi) is 4.42. The van der Waals surface area contributed by atoms with Gasteiger partial charge in [0.15, 0.2) is 0 Å². The van der Waals surface area contributed by atoms with Gasteiger partial charge in [-0.3, -0.25) is 9.59 Å². The topological polar surface area (TPSA) is 99.3 Å². The maximum Gasteiger partial charge on any atom is 0.270 e. The minimum absolute atomic E-state index is 0.153. The number of sulfonamides is 1. The highest BCUT2D eigenvalue weighted by Crippen LogP contribution is 2.15. The first-order valence-electron chi connectivity index (χ1n) is 7.72. The molecule has 0 atom stereocenters. The molecule has 0 radical (unpaired) electrons. The Bertz CT molecular complexity index is 928. The lowest BCUT2D eigenvalue weighted by Crippen LogP contribution is -2.46. The number of pyridine rings is 1. The predicted octanol–water partition coefficient (Wildman–Crippen LogP) is 0.682. The molecule has 8 heteroatoms. The number of aromatic amines is 1. The summed E-state index contributed by atoms with van der Waals surface area (Å²) >= 11 is 0. The van der Waals surface area contributed by atoms with Crippen molar-refractivity contribution in [3.05, 3.63) is 46.4 Å². The normalized spacial score (nSPS) is 16.5. The van der Waals surface area contributed by atoms with Crippen molar-refractivity contribution in [1.82, 2.24) is 14.6 Å². The van der Waals surface area contributed by atoms with E-state index >= 15 is 0 Å². The number of piperidine rings is 1. The third-order valence-corrected chi connectivity index (χ3v) is 4.91. The van der Waals surface area contributed by atoms with E-state index < -0.39 is 10.0 Å². The molecule has 1 aliphatic rings. The van der Waals surface area contributed by atoms with Gasteiger partial charge < -0.3 is 9.88 Å². The highest BCUT2D eigenvalue weighted by molar-refractivity contribution is 7.88. The standard InChI is InChI=1S/C16H19N3O4S/c1-24(22,23)18-12-6-8-19(9-7-12)16(21)14-10-11-4-2-3-5-13(11)15(20)17-14/h2-5,10,12,18H,6-9H2,1H3,(H,17,20). The van der Waals surface area contributed by atoms with Gasteiger partial charge in [0.05, 0.1) is 6.26 Å². The van der Waals surface area contributed by atoms with Crippen LogP contribution in [0, 0.1) is 0 Å². The molecule has 0 saturated carbocycles. The van der Waals surface area contributed by atoms with Crippen LogP contribution < -0.4 is 10.3 Å². The fourth-order valence-electron chi connectivity index (χ4n) is 3.00. The molecule has 128 valence electrons. The molecule has 24 heavy (non-hydrogen) atoms. The number of hydrogen-bond acceptors (Lipinski definition) is 4. The molecule has 1 aromatic carbocycles. The fraction of sp³-hybridized carbons (Fsp3) is 0.375. The molecule has 1 saturated heterocycles. The summed E-state index contributed by atoms with van der Waals surface area (Å²) in [5, 5.41) is 1.27. The largest absolute Gasteiger partial charge is 0.337 e. The summed E-state index contributed by atoms with van der Waals surface area (Å²) in [4.78, 5) is 29.0. The molecule has 1 fully saturated rings. The fourth-order valence-corrected chi connectivity index (χ4v) is 3.84. The molecule has 0 aliphatic carbocycles. The first kappa shape index (κ1) is 16.7. The predicted molar refractivity (Wildman–Crippen MR) is 91.5 cm³/mol. The number of aromatic nitrogens is 1. The summed E-state index contributed by atoms with van der Waals surface area (Å²) in [6.07, 6.45) is 2.23. The van der Waals surface area contributed by atoms with Crippen LogP contribution in [0.2, 0.25) is 0 Å². The third kappa shape index (κ3) is 3.65. The zero-order chi connectivity index (χ0) is 17.3. The van der Waals surface area contributed by atoms with Gasteiger partial charge in [0.25, 0.3) is 11.5 Å². The third-order valence-electron chi connectivity index (χ3n) is 4.15. The van der Waals surface area contributed by atoms with Crippen LogP contribution in [0.5, 0.6) is 0 Å². The quantitative estimate of drug-likeness (QED) is 0.851. The Morgan fingerprint density at radius 3 is 2.58 bits per heavy atom. The van der Waals surface area contributed by atoms with Gasteiger partial charge >= 0.3 is 0 Å². The summed E-state index contributed by atoms with van der Waals surface area (Å²) in [6.45, 7) is 0.891. The summed E-state index contributed by atoms with van der Waals surface area (Å²) in [7, 11) is -3.24. The lowest BCUT2D eigenvalue weighted by atomic mass is 10.1. The molecule has 2 aromatic rings. The van der Waals surface area contributed by atoms with Gasteiger partial charge in [-0.05, 0) is 30.4 Å². The molecule has 2 heterocycles. The number of fused-ring (bicyclic) bond motifs is 1. The van der Waals surface area contributed by atoms with Crippen molar-refractivity contribution >= 4 is 26.7 Å². The lowest BCUT2D eigenvalue weighted by molar-refractivity contribution is 0.0705. The second-order valence-corrected chi connectivity index (χ2v) is 7.84. The van der Waals surface area contributed by atoms with Gasteiger partial charge in [-0.25, -0.2) is 13.1 Å². The highest BCUT2D eigenvalue weighted by Gasteiger charge is 2.25. The molecule has 1 aromatic heterocycles. The van der Waals surface area contributed by atoms with Crippen molar-refractivity contribution in [2.24, 2.45) is 0 Å². The minimum atomic E-state index is -3.24. The van der Waals surface area contributed by atoms with Crippen molar-refractivity contribution < 1.29 is 13.2 Å². The van der Waals surface area contributed by atoms with Crippen molar-refractivity contribution in [1.29, 1.82) is 0 Å². The van der Waals surface area contributed by atoms with E-state index in [1.54, 1.807) is 29.2 Å². The van der Waals surface area contributed by atoms with E-state index in [1.165, 1.54) is 0 Å². The summed E-state index contributed by atoms with van der Waals surface area (Å²) in [5.41, 5.74) is -0.0294. The van der Waals surface area contributed by atoms with Gasteiger partial charge in [0.1, 0.15) is 5.69 Å². The molecular weight excluding hydrogens is 330 g/mol. The summed E-state index contributed by atoms with van der Waals surface area (Å²) < 4.78 is 25.1. The second kappa shape index (κ2) is 6.37. The van der Waals surface area contributed by atoms with Crippen LogP contribution in [0.3, 0.4) is 0 Å². The van der Waals surface area contributed by atoms with Crippen molar-refractivity contribution in [2.45, 2.75) is 18.9 Å². The first-order valence-corrected chi connectivity index (χ1v) is 9.61. The van der Waals surface area contributed by atoms with E-state index in [4.69, 9.17) is 0 Å². The molecular formula is C16H19N3O4S. The molecule has 3 rings (SSSR count). The van der Waals surface area contributed by atoms with Gasteiger partial charge in [-0.15, -0.1) is 0 Å². The number of H-pyrrole nitrogens is 1. The maximum absolute atomic E-state index is 12.6. The number of likely N-dealkylation sites (tertiary alicyclic amines) is 1. The van der Waals surface area contributed by atoms with Gasteiger partial charge in [0.2, 0.25) is 10.0 Å². The average Bonchev–Trinajstić information content (AvgIpc) is 2.53. The zero-order valence-electron chi connectivity index (χ0n) is 13.3. The smallest absolute Gasteiger partial charge is 0.270 e. The van der Waals surface area contributed by atoms with Crippen LogP contribution >= 0.6 is 0 Å². The number of hydrogen-bond donors (Lipinski definition) is 2. The Hall–Kier alpha value is -2.19. The van der Waals surface area contributed by atoms with E-state index in [0.29, 0.717) is 31.3 Å². The van der Waals surface area contributed by atoms with Gasteiger partial charge in [0, 0.05) is 24.5 Å². The van der Waals surface area contributed by atoms with Crippen LogP contribution in [0.15, 0.2) is 35.1 Å². The van der Waals surface area contributed by atoms with Crippen LogP contribution in [0.4, 0.5) is 0 Å². The monoisotopic (exact) mass is 349 g/mol. The van der Waals surface area contributed by atoms with Gasteiger partial charge in [-0.1, -0.05) is 18.2 Å². The maximum atomic E-state index is 12.6. The molecule has 1 aliphatic heterocycles. The van der Waals surface area contributed by atoms with Gasteiger partial charge in [-0.2, -0.15) is 0 Å².